The average Bonchev–Trinajstić information content (AvgIpc) is 2.98. The highest BCUT2D eigenvalue weighted by atomic mass is 15.3. The van der Waals surface area contributed by atoms with Gasteiger partial charge in [-0.05, 0) is 12.1 Å². The lowest BCUT2D eigenvalue weighted by Crippen LogP contribution is -1.99. The molecule has 3 rings (SSSR count). The molecule has 0 N–H and O–H groups in total. The molecule has 5 heteroatoms. The summed E-state index contributed by atoms with van der Waals surface area (Å²) in [6.45, 7) is 0. The van der Waals surface area contributed by atoms with Crippen molar-refractivity contribution >= 4 is 0 Å². The summed E-state index contributed by atoms with van der Waals surface area (Å²) in [7, 11) is 1.94. The van der Waals surface area contributed by atoms with Gasteiger partial charge in [-0.3, -0.25) is 4.57 Å². The number of rotatable bonds is 2. The molecule has 3 aromatic rings. The Kier molecular flexibility index (Phi) is 2.22. The monoisotopic (exact) mass is 225 g/mol. The molecule has 0 bridgehead atoms. The molecular formula is C12H11N5. The van der Waals surface area contributed by atoms with Crippen LogP contribution in [0.25, 0.3) is 17.2 Å². The summed E-state index contributed by atoms with van der Waals surface area (Å²) in [4.78, 5) is 4.09. The van der Waals surface area contributed by atoms with Crippen LogP contribution < -0.4 is 0 Å². The molecule has 0 aliphatic rings. The van der Waals surface area contributed by atoms with E-state index in [-0.39, 0.29) is 0 Å². The minimum absolute atomic E-state index is 0.788. The zero-order valence-electron chi connectivity index (χ0n) is 9.35. The zero-order chi connectivity index (χ0) is 11.7. The van der Waals surface area contributed by atoms with E-state index in [2.05, 4.69) is 15.2 Å². The maximum Gasteiger partial charge on any atom is 0.186 e. The van der Waals surface area contributed by atoms with Crippen molar-refractivity contribution in [3.63, 3.8) is 0 Å². The van der Waals surface area contributed by atoms with E-state index in [0.29, 0.717) is 0 Å². The van der Waals surface area contributed by atoms with Crippen molar-refractivity contribution in [3.8, 4) is 17.2 Å². The smallest absolute Gasteiger partial charge is 0.186 e. The molecule has 0 aliphatic carbocycles. The first kappa shape index (κ1) is 9.77. The van der Waals surface area contributed by atoms with Crippen LogP contribution in [0, 0.1) is 0 Å². The molecule has 1 aromatic carbocycles. The summed E-state index contributed by atoms with van der Waals surface area (Å²) in [5, 5.41) is 8.12. The molecule has 0 saturated heterocycles. The number of benzene rings is 1. The first-order valence-corrected chi connectivity index (χ1v) is 5.28. The Balaban J connectivity index is 2.16. The normalized spacial score (nSPS) is 10.6. The Hall–Kier alpha value is -2.43. The van der Waals surface area contributed by atoms with Crippen molar-refractivity contribution in [2.45, 2.75) is 0 Å². The number of aromatic nitrogens is 5. The van der Waals surface area contributed by atoms with Gasteiger partial charge in [0.1, 0.15) is 12.0 Å². The minimum Gasteiger partial charge on any atom is -0.331 e. The van der Waals surface area contributed by atoms with Gasteiger partial charge in [-0.1, -0.05) is 18.2 Å². The maximum absolute atomic E-state index is 4.15. The fourth-order valence-electron chi connectivity index (χ4n) is 1.76. The van der Waals surface area contributed by atoms with Crippen LogP contribution in [0.4, 0.5) is 0 Å². The molecule has 0 fully saturated rings. The first-order chi connectivity index (χ1) is 8.36. The summed E-state index contributed by atoms with van der Waals surface area (Å²) in [5.41, 5.74) is 1.97. The van der Waals surface area contributed by atoms with Crippen LogP contribution in [0.2, 0.25) is 0 Å². The van der Waals surface area contributed by atoms with Crippen molar-refractivity contribution in [1.29, 1.82) is 0 Å². The molecule has 0 amide bonds. The van der Waals surface area contributed by atoms with Crippen molar-refractivity contribution in [1.82, 2.24) is 24.3 Å². The fourth-order valence-corrected chi connectivity index (χ4v) is 1.76. The number of nitrogens with zero attached hydrogens (tertiary/aromatic N) is 5. The van der Waals surface area contributed by atoms with Gasteiger partial charge in [0.2, 0.25) is 0 Å². The number of para-hydroxylation sites is 1. The molecule has 0 radical (unpaired) electrons. The average molecular weight is 225 g/mol. The van der Waals surface area contributed by atoms with Gasteiger partial charge in [0.15, 0.2) is 5.82 Å². The molecule has 0 unspecified atom stereocenters. The van der Waals surface area contributed by atoms with Gasteiger partial charge < -0.3 is 4.57 Å². The lowest BCUT2D eigenvalue weighted by molar-refractivity contribution is 0.900. The summed E-state index contributed by atoms with van der Waals surface area (Å²) in [6.07, 6.45) is 5.24. The van der Waals surface area contributed by atoms with Crippen LogP contribution >= 0.6 is 0 Å². The lowest BCUT2D eigenvalue weighted by atomic mass is 10.3. The SMILES string of the molecule is Cn1cncc1-c1nncn1-c1ccccc1. The van der Waals surface area contributed by atoms with Gasteiger partial charge in [0, 0.05) is 12.7 Å². The molecule has 0 spiro atoms. The summed E-state index contributed by atoms with van der Waals surface area (Å²) in [5.74, 6) is 0.788. The Bertz CT molecular complexity index is 623. The molecule has 2 heterocycles. The second-order valence-electron chi connectivity index (χ2n) is 3.75. The van der Waals surface area contributed by atoms with E-state index in [4.69, 9.17) is 0 Å². The van der Waals surface area contributed by atoms with Crippen molar-refractivity contribution in [2.75, 3.05) is 0 Å². The Morgan fingerprint density at radius 2 is 1.88 bits per heavy atom. The molecular weight excluding hydrogens is 214 g/mol. The molecule has 2 aromatic heterocycles. The highest BCUT2D eigenvalue weighted by Crippen LogP contribution is 2.18. The largest absolute Gasteiger partial charge is 0.331 e. The van der Waals surface area contributed by atoms with Crippen molar-refractivity contribution in [2.24, 2.45) is 7.05 Å². The van der Waals surface area contributed by atoms with Gasteiger partial charge in [0.05, 0.1) is 12.5 Å². The molecule has 84 valence electrons. The van der Waals surface area contributed by atoms with E-state index in [0.717, 1.165) is 17.2 Å². The van der Waals surface area contributed by atoms with E-state index < -0.39 is 0 Å². The highest BCUT2D eigenvalue weighted by molar-refractivity contribution is 5.52. The number of hydrogen-bond donors (Lipinski definition) is 0. The van der Waals surface area contributed by atoms with E-state index >= 15 is 0 Å². The number of imidazole rings is 1. The molecule has 5 nitrogen and oxygen atoms in total. The van der Waals surface area contributed by atoms with E-state index in [1.165, 1.54) is 0 Å². The zero-order valence-corrected chi connectivity index (χ0v) is 9.35. The van der Waals surface area contributed by atoms with Gasteiger partial charge in [-0.25, -0.2) is 4.98 Å². The molecule has 0 atom stereocenters. The second kappa shape index (κ2) is 3.86. The quantitative estimate of drug-likeness (QED) is 0.666. The summed E-state index contributed by atoms with van der Waals surface area (Å²) >= 11 is 0. The third-order valence-corrected chi connectivity index (χ3v) is 2.63. The van der Waals surface area contributed by atoms with Crippen LogP contribution in [0.1, 0.15) is 0 Å². The van der Waals surface area contributed by atoms with E-state index in [1.807, 2.05) is 46.5 Å². The molecule has 17 heavy (non-hydrogen) atoms. The molecule has 0 saturated carbocycles. The predicted octanol–water partition coefficient (Wildman–Crippen LogP) is 1.67. The third-order valence-electron chi connectivity index (χ3n) is 2.63. The lowest BCUT2D eigenvalue weighted by Gasteiger charge is -2.06. The summed E-state index contributed by atoms with van der Waals surface area (Å²) < 4.78 is 3.86. The van der Waals surface area contributed by atoms with Gasteiger partial charge in [0.25, 0.3) is 0 Å². The van der Waals surface area contributed by atoms with Crippen LogP contribution in [-0.4, -0.2) is 24.3 Å². The second-order valence-corrected chi connectivity index (χ2v) is 3.75. The predicted molar refractivity (Wildman–Crippen MR) is 63.6 cm³/mol. The Morgan fingerprint density at radius 1 is 1.06 bits per heavy atom. The first-order valence-electron chi connectivity index (χ1n) is 5.28. The number of aryl methyl sites for hydroxylation is 1. The molecule has 0 aliphatic heterocycles. The summed E-state index contributed by atoms with van der Waals surface area (Å²) in [6, 6.07) is 9.99. The third kappa shape index (κ3) is 1.61. The number of hydrogen-bond acceptors (Lipinski definition) is 3. The van der Waals surface area contributed by atoms with Crippen molar-refractivity contribution in [3.05, 3.63) is 49.2 Å². The van der Waals surface area contributed by atoms with Crippen LogP contribution in [-0.2, 0) is 7.05 Å². The Morgan fingerprint density at radius 3 is 2.59 bits per heavy atom. The van der Waals surface area contributed by atoms with E-state index in [1.54, 1.807) is 18.9 Å². The van der Waals surface area contributed by atoms with Crippen LogP contribution in [0.15, 0.2) is 49.2 Å². The Labute approximate surface area is 98.4 Å². The van der Waals surface area contributed by atoms with Crippen LogP contribution in [0.5, 0.6) is 0 Å². The minimum atomic E-state index is 0.788. The van der Waals surface area contributed by atoms with Crippen molar-refractivity contribution < 1.29 is 0 Å². The standard InChI is InChI=1S/C12H11N5/c1-16-8-13-7-11(16)12-15-14-9-17(12)10-5-3-2-4-6-10/h2-9H,1H3. The van der Waals surface area contributed by atoms with Gasteiger partial charge in [-0.2, -0.15) is 0 Å². The maximum atomic E-state index is 4.15. The van der Waals surface area contributed by atoms with Gasteiger partial charge in [-0.15, -0.1) is 10.2 Å². The highest BCUT2D eigenvalue weighted by Gasteiger charge is 2.11. The van der Waals surface area contributed by atoms with Gasteiger partial charge >= 0.3 is 0 Å². The topological polar surface area (TPSA) is 48.5 Å². The van der Waals surface area contributed by atoms with E-state index in [9.17, 15) is 0 Å². The van der Waals surface area contributed by atoms with Crippen LogP contribution in [0.3, 0.4) is 0 Å². The fraction of sp³-hybridized carbons (Fsp3) is 0.0833.